The molecule has 0 aliphatic rings. The molecule has 0 aliphatic heterocycles. The van der Waals surface area contributed by atoms with Crippen molar-refractivity contribution in [3.63, 3.8) is 0 Å². The number of rotatable bonds is 3. The number of H-pyrrole nitrogens is 1. The zero-order valence-electron chi connectivity index (χ0n) is 10.5. The van der Waals surface area contributed by atoms with E-state index in [1.54, 1.807) is 13.0 Å². The summed E-state index contributed by atoms with van der Waals surface area (Å²) >= 11 is 7.32. The third-order valence-electron chi connectivity index (χ3n) is 2.81. The van der Waals surface area contributed by atoms with E-state index in [1.165, 1.54) is 23.9 Å². The summed E-state index contributed by atoms with van der Waals surface area (Å²) in [6, 6.07) is 4.47. The van der Waals surface area contributed by atoms with Crippen LogP contribution in [0.2, 0.25) is 5.02 Å². The Morgan fingerprint density at radius 1 is 1.42 bits per heavy atom. The number of nitrogens with one attached hydrogen (secondary N) is 1. The number of aromatic amines is 1. The third-order valence-corrected chi connectivity index (χ3v) is 3.74. The Hall–Kier alpha value is -1.33. The van der Waals surface area contributed by atoms with Crippen LogP contribution in [-0.4, -0.2) is 16.2 Å². The molecule has 1 N–H and O–H groups in total. The van der Waals surface area contributed by atoms with Gasteiger partial charge in [-0.3, -0.25) is 4.79 Å². The average Bonchev–Trinajstić information content (AvgIpc) is 2.36. The molecule has 19 heavy (non-hydrogen) atoms. The summed E-state index contributed by atoms with van der Waals surface area (Å²) in [6.07, 6.45) is 1.96. The van der Waals surface area contributed by atoms with Crippen molar-refractivity contribution in [2.75, 3.05) is 6.26 Å². The predicted molar refractivity (Wildman–Crippen MR) is 75.6 cm³/mol. The number of aromatic nitrogens is 2. The van der Waals surface area contributed by atoms with Crippen molar-refractivity contribution in [2.24, 2.45) is 0 Å². The van der Waals surface area contributed by atoms with Crippen LogP contribution in [0.1, 0.15) is 16.8 Å². The van der Waals surface area contributed by atoms with Crippen molar-refractivity contribution in [1.82, 2.24) is 9.97 Å². The highest BCUT2D eigenvalue weighted by atomic mass is 35.5. The molecule has 0 amide bonds. The Labute approximate surface area is 119 Å². The van der Waals surface area contributed by atoms with Crippen LogP contribution in [0.4, 0.5) is 4.39 Å². The first kappa shape index (κ1) is 14.1. The maximum atomic E-state index is 13.7. The van der Waals surface area contributed by atoms with Gasteiger partial charge in [0.25, 0.3) is 5.56 Å². The molecule has 2 aromatic rings. The van der Waals surface area contributed by atoms with Crippen molar-refractivity contribution >= 4 is 23.4 Å². The SMILES string of the molecule is CSc1nc(C)c(Cc2c(F)cccc2Cl)c(=O)[nH]1. The van der Waals surface area contributed by atoms with E-state index in [4.69, 9.17) is 11.6 Å². The molecular formula is C13H12ClFN2OS. The van der Waals surface area contributed by atoms with E-state index in [0.717, 1.165) is 0 Å². The van der Waals surface area contributed by atoms with Gasteiger partial charge in [0, 0.05) is 28.3 Å². The molecule has 100 valence electrons. The van der Waals surface area contributed by atoms with Gasteiger partial charge in [-0.25, -0.2) is 9.37 Å². The number of aryl methyl sites for hydroxylation is 1. The van der Waals surface area contributed by atoms with E-state index in [1.807, 2.05) is 6.26 Å². The molecule has 1 heterocycles. The molecule has 0 saturated carbocycles. The largest absolute Gasteiger partial charge is 0.301 e. The standard InChI is InChI=1S/C13H12ClFN2OS/c1-7-8(12(18)17-13(16-7)19-2)6-9-10(14)4-3-5-11(9)15/h3-5H,6H2,1-2H3,(H,16,17,18). The minimum absolute atomic E-state index is 0.133. The second-order valence-corrected chi connectivity index (χ2v) is 5.22. The Balaban J connectivity index is 2.47. The van der Waals surface area contributed by atoms with Gasteiger partial charge in [-0.05, 0) is 25.3 Å². The lowest BCUT2D eigenvalue weighted by Crippen LogP contribution is -2.18. The van der Waals surface area contributed by atoms with Crippen LogP contribution in [0.5, 0.6) is 0 Å². The molecular weight excluding hydrogens is 287 g/mol. The van der Waals surface area contributed by atoms with Gasteiger partial charge in [0.1, 0.15) is 5.82 Å². The molecule has 0 unspecified atom stereocenters. The maximum Gasteiger partial charge on any atom is 0.255 e. The van der Waals surface area contributed by atoms with Crippen LogP contribution in [0, 0.1) is 12.7 Å². The summed E-state index contributed by atoms with van der Waals surface area (Å²) in [4.78, 5) is 18.9. The summed E-state index contributed by atoms with van der Waals surface area (Å²) in [5.74, 6) is -0.416. The predicted octanol–water partition coefficient (Wildman–Crippen LogP) is 3.18. The fourth-order valence-electron chi connectivity index (χ4n) is 1.77. The van der Waals surface area contributed by atoms with Gasteiger partial charge in [-0.2, -0.15) is 0 Å². The van der Waals surface area contributed by atoms with E-state index < -0.39 is 5.82 Å². The first-order valence-corrected chi connectivity index (χ1v) is 7.20. The first-order valence-electron chi connectivity index (χ1n) is 5.59. The third kappa shape index (κ3) is 2.98. The van der Waals surface area contributed by atoms with Crippen molar-refractivity contribution in [2.45, 2.75) is 18.5 Å². The van der Waals surface area contributed by atoms with Crippen LogP contribution in [0.3, 0.4) is 0 Å². The molecule has 0 saturated heterocycles. The molecule has 6 heteroatoms. The molecule has 0 fully saturated rings. The first-order chi connectivity index (χ1) is 9.02. The van der Waals surface area contributed by atoms with Crippen molar-refractivity contribution < 1.29 is 4.39 Å². The van der Waals surface area contributed by atoms with Gasteiger partial charge in [-0.15, -0.1) is 0 Å². The lowest BCUT2D eigenvalue weighted by atomic mass is 10.0. The quantitative estimate of drug-likeness (QED) is 0.699. The van der Waals surface area contributed by atoms with E-state index >= 15 is 0 Å². The van der Waals surface area contributed by atoms with E-state index in [9.17, 15) is 9.18 Å². The molecule has 2 rings (SSSR count). The summed E-state index contributed by atoms with van der Waals surface area (Å²) in [5, 5.41) is 0.860. The molecule has 0 radical (unpaired) electrons. The second kappa shape index (κ2) is 5.75. The molecule has 3 nitrogen and oxygen atoms in total. The number of nitrogens with zero attached hydrogens (tertiary/aromatic N) is 1. The Bertz CT molecular complexity index is 652. The number of thioether (sulfide) groups is 1. The second-order valence-electron chi connectivity index (χ2n) is 4.02. The van der Waals surface area contributed by atoms with Gasteiger partial charge in [0.15, 0.2) is 5.16 Å². The fraction of sp³-hybridized carbons (Fsp3) is 0.231. The van der Waals surface area contributed by atoms with Crippen LogP contribution in [0.25, 0.3) is 0 Å². The molecule has 0 spiro atoms. The maximum absolute atomic E-state index is 13.7. The minimum Gasteiger partial charge on any atom is -0.301 e. The number of halogens is 2. The summed E-state index contributed by atoms with van der Waals surface area (Å²) in [7, 11) is 0. The van der Waals surface area contributed by atoms with Crippen molar-refractivity contribution in [3.8, 4) is 0 Å². The summed E-state index contributed by atoms with van der Waals surface area (Å²) in [5.41, 5.74) is 1.09. The monoisotopic (exact) mass is 298 g/mol. The van der Waals surface area contributed by atoms with Crippen LogP contribution >= 0.6 is 23.4 Å². The van der Waals surface area contributed by atoms with Crippen LogP contribution < -0.4 is 5.56 Å². The van der Waals surface area contributed by atoms with Crippen molar-refractivity contribution in [1.29, 1.82) is 0 Å². The van der Waals surface area contributed by atoms with Gasteiger partial charge in [0.2, 0.25) is 0 Å². The van der Waals surface area contributed by atoms with Gasteiger partial charge >= 0.3 is 0 Å². The number of benzene rings is 1. The molecule has 0 aliphatic carbocycles. The Morgan fingerprint density at radius 2 is 2.16 bits per heavy atom. The van der Waals surface area contributed by atoms with Crippen molar-refractivity contribution in [3.05, 3.63) is 56.2 Å². The Kier molecular flexibility index (Phi) is 4.27. The van der Waals surface area contributed by atoms with Crippen LogP contribution in [-0.2, 0) is 6.42 Å². The average molecular weight is 299 g/mol. The molecule has 1 aromatic heterocycles. The highest BCUT2D eigenvalue weighted by Gasteiger charge is 2.13. The topological polar surface area (TPSA) is 45.8 Å². The van der Waals surface area contributed by atoms with E-state index in [-0.39, 0.29) is 12.0 Å². The van der Waals surface area contributed by atoms with Gasteiger partial charge in [-0.1, -0.05) is 29.4 Å². The lowest BCUT2D eigenvalue weighted by molar-refractivity contribution is 0.613. The van der Waals surface area contributed by atoms with E-state index in [0.29, 0.717) is 27.0 Å². The smallest absolute Gasteiger partial charge is 0.255 e. The van der Waals surface area contributed by atoms with E-state index in [2.05, 4.69) is 9.97 Å². The number of hydrogen-bond donors (Lipinski definition) is 1. The lowest BCUT2D eigenvalue weighted by Gasteiger charge is -2.08. The molecule has 1 aromatic carbocycles. The molecule has 0 bridgehead atoms. The Morgan fingerprint density at radius 3 is 2.74 bits per heavy atom. The summed E-state index contributed by atoms with van der Waals surface area (Å²) in [6.45, 7) is 1.74. The zero-order valence-corrected chi connectivity index (χ0v) is 12.0. The highest BCUT2D eigenvalue weighted by molar-refractivity contribution is 7.98. The fourth-order valence-corrected chi connectivity index (χ4v) is 2.42. The molecule has 0 atom stereocenters. The number of hydrogen-bond acceptors (Lipinski definition) is 3. The highest BCUT2D eigenvalue weighted by Crippen LogP contribution is 2.22. The van der Waals surface area contributed by atoms with Crippen LogP contribution in [0.15, 0.2) is 28.2 Å². The zero-order chi connectivity index (χ0) is 14.0. The van der Waals surface area contributed by atoms with Gasteiger partial charge in [0.05, 0.1) is 0 Å². The van der Waals surface area contributed by atoms with Gasteiger partial charge < -0.3 is 4.98 Å². The summed E-state index contributed by atoms with van der Waals surface area (Å²) < 4.78 is 13.7. The normalized spacial score (nSPS) is 10.7. The minimum atomic E-state index is -0.416.